The van der Waals surface area contributed by atoms with E-state index in [4.69, 9.17) is 37.6 Å². The van der Waals surface area contributed by atoms with Gasteiger partial charge >= 0.3 is 0 Å². The highest BCUT2D eigenvalue weighted by Crippen LogP contribution is 2.73. The zero-order chi connectivity index (χ0) is 43.8. The molecule has 3 aliphatic carbocycles. The molecule has 0 heterocycles. The molecule has 0 unspecified atom stereocenters. The van der Waals surface area contributed by atoms with Gasteiger partial charge in [0, 0.05) is 67.4 Å². The second kappa shape index (κ2) is 21.5. The van der Waals surface area contributed by atoms with Gasteiger partial charge in [0.15, 0.2) is 8.32 Å². The maximum Gasteiger partial charge on any atom is 0.200 e. The van der Waals surface area contributed by atoms with Crippen LogP contribution in [0.5, 0.6) is 0 Å². The summed E-state index contributed by atoms with van der Waals surface area (Å²) >= 11 is 0. The van der Waals surface area contributed by atoms with E-state index in [9.17, 15) is 0 Å². The molecule has 0 saturated heterocycles. The molecule has 340 valence electrons. The molecular formula is C46H92O8Si4. The molecule has 0 N–H and O–H groups in total. The van der Waals surface area contributed by atoms with Gasteiger partial charge in [-0.25, -0.2) is 0 Å². The number of rotatable bonds is 28. The van der Waals surface area contributed by atoms with Crippen molar-refractivity contribution in [3.8, 4) is 0 Å². The van der Waals surface area contributed by atoms with Crippen molar-refractivity contribution in [1.29, 1.82) is 0 Å². The summed E-state index contributed by atoms with van der Waals surface area (Å²) < 4.78 is 54.2. The van der Waals surface area contributed by atoms with Crippen LogP contribution in [0.3, 0.4) is 0 Å². The van der Waals surface area contributed by atoms with Crippen LogP contribution in [0.1, 0.15) is 81.1 Å². The summed E-state index contributed by atoms with van der Waals surface area (Å²) in [7, 11) is -6.00. The predicted molar refractivity (Wildman–Crippen MR) is 253 cm³/mol. The maximum atomic E-state index is 7.64. The summed E-state index contributed by atoms with van der Waals surface area (Å²) in [5.41, 5.74) is 1.49. The molecule has 2 bridgehead atoms. The van der Waals surface area contributed by atoms with Gasteiger partial charge in [0.05, 0.1) is 24.1 Å². The molecule has 3 saturated carbocycles. The molecule has 0 aliphatic heterocycles. The van der Waals surface area contributed by atoms with Gasteiger partial charge in [-0.15, -0.1) is 0 Å². The molecule has 3 aliphatic rings. The molecule has 6 atom stereocenters. The molecule has 3 fully saturated rings. The minimum absolute atomic E-state index is 0.0933. The first-order valence-corrected chi connectivity index (χ1v) is 36.2. The van der Waals surface area contributed by atoms with Crippen molar-refractivity contribution in [3.63, 3.8) is 0 Å². The van der Waals surface area contributed by atoms with E-state index in [-0.39, 0.29) is 55.3 Å². The quantitative estimate of drug-likeness (QED) is 0.0253. The van der Waals surface area contributed by atoms with Crippen molar-refractivity contribution in [2.24, 2.45) is 22.7 Å². The van der Waals surface area contributed by atoms with Crippen LogP contribution in [-0.2, 0) is 37.6 Å². The van der Waals surface area contributed by atoms with Crippen LogP contribution >= 0.6 is 0 Å². The number of hydrogen-bond acceptors (Lipinski definition) is 8. The Morgan fingerprint density at radius 2 is 1.21 bits per heavy atom. The second-order valence-electron chi connectivity index (χ2n) is 23.2. The highest BCUT2D eigenvalue weighted by molar-refractivity contribution is 6.78. The van der Waals surface area contributed by atoms with Gasteiger partial charge in [0.2, 0.25) is 0 Å². The zero-order valence-electron chi connectivity index (χ0n) is 40.8. The Morgan fingerprint density at radius 3 is 1.69 bits per heavy atom. The average Bonchev–Trinajstić information content (AvgIpc) is 3.70. The Kier molecular flexibility index (Phi) is 19.4. The van der Waals surface area contributed by atoms with E-state index >= 15 is 0 Å². The molecule has 0 aromatic heterocycles. The Morgan fingerprint density at radius 1 is 0.707 bits per heavy atom. The van der Waals surface area contributed by atoms with Crippen LogP contribution < -0.4 is 0 Å². The minimum Gasteiger partial charge on any atom is -0.497 e. The highest BCUT2D eigenvalue weighted by atomic mass is 28.4. The van der Waals surface area contributed by atoms with Crippen molar-refractivity contribution in [2.75, 3.05) is 53.4 Å². The number of ether oxygens (including phenoxy) is 7. The SMILES string of the molecule is C=CCO/C=C1\[C@H]2CC[C@]1(CO[Si](C(C)C)(C(C)C)C(C)C)[C@H](OCOCC[Si](C)(C)C)[C@@]21CC[C@H](C(C)(C)OCOCC[Si](C)(C)C)[C@H]1OCOCC[Si](C)(C)C. The predicted octanol–water partition coefficient (Wildman–Crippen LogP) is 12.6. The van der Waals surface area contributed by atoms with Crippen LogP contribution in [-0.4, -0.2) is 104 Å². The standard InChI is InChI=1S/C46H92O8Si4/c1-19-24-47-31-41-39-20-22-45(41,32-54-58(36(2)3,37(4)5)38(6)7)43(52-34-49-26-29-56(13,14)15)46(39)23-21-40(42(46)51-33-48-25-28-55(10,11)12)44(8,9)53-35-50-27-30-57(16,17)18/h19,31,36-40,42-43H,1,20-30,32-35H2,2-18H3/b41-31+/t39-,40+,42-,43+,45-,46+/m1/s1. The van der Waals surface area contributed by atoms with Crippen molar-refractivity contribution in [3.05, 3.63) is 24.5 Å². The molecule has 0 aromatic carbocycles. The number of hydrogen-bond donors (Lipinski definition) is 0. The van der Waals surface area contributed by atoms with Crippen molar-refractivity contribution in [2.45, 2.75) is 193 Å². The van der Waals surface area contributed by atoms with E-state index < -0.39 is 38.1 Å². The monoisotopic (exact) mass is 885 g/mol. The van der Waals surface area contributed by atoms with E-state index in [0.29, 0.717) is 43.1 Å². The molecule has 58 heavy (non-hydrogen) atoms. The van der Waals surface area contributed by atoms with Gasteiger partial charge in [-0.1, -0.05) is 113 Å². The van der Waals surface area contributed by atoms with Crippen LogP contribution in [0.15, 0.2) is 24.5 Å². The molecule has 12 heteroatoms. The molecule has 0 radical (unpaired) electrons. The van der Waals surface area contributed by atoms with Crippen LogP contribution in [0.25, 0.3) is 0 Å². The summed E-state index contributed by atoms with van der Waals surface area (Å²) in [6.45, 7) is 48.3. The van der Waals surface area contributed by atoms with Gasteiger partial charge in [0.1, 0.15) is 27.0 Å². The summed E-state index contributed by atoms with van der Waals surface area (Å²) in [5, 5.41) is 0. The van der Waals surface area contributed by atoms with E-state index in [1.165, 1.54) is 5.57 Å². The summed E-state index contributed by atoms with van der Waals surface area (Å²) in [6.07, 6.45) is 7.46. The lowest BCUT2D eigenvalue weighted by molar-refractivity contribution is -0.235. The molecular weight excluding hydrogens is 793 g/mol. The summed E-state index contributed by atoms with van der Waals surface area (Å²) in [6, 6.07) is 3.32. The molecule has 8 nitrogen and oxygen atoms in total. The number of fused-ring (bicyclic) bond motifs is 3. The van der Waals surface area contributed by atoms with Gasteiger partial charge in [-0.3, -0.25) is 0 Å². The smallest absolute Gasteiger partial charge is 0.200 e. The summed E-state index contributed by atoms with van der Waals surface area (Å²) in [4.78, 5) is 0. The van der Waals surface area contributed by atoms with E-state index in [1.807, 2.05) is 6.08 Å². The molecule has 1 spiro atoms. The Balaban J connectivity index is 2.15. The Bertz CT molecular complexity index is 1260. The topological polar surface area (TPSA) is 73.8 Å². The van der Waals surface area contributed by atoms with E-state index in [1.54, 1.807) is 0 Å². The lowest BCUT2D eigenvalue weighted by Crippen LogP contribution is -2.57. The first kappa shape index (κ1) is 52.2. The fraction of sp³-hybridized carbons (Fsp3) is 0.913. The van der Waals surface area contributed by atoms with E-state index in [2.05, 4.69) is 127 Å². The fourth-order valence-corrected chi connectivity index (χ4v) is 18.6. The third kappa shape index (κ3) is 13.0. The lowest BCUT2D eigenvalue weighted by atomic mass is 9.63. The Labute approximate surface area is 361 Å². The van der Waals surface area contributed by atoms with Crippen molar-refractivity contribution < 1.29 is 37.6 Å². The van der Waals surface area contributed by atoms with Crippen LogP contribution in [0.4, 0.5) is 0 Å². The minimum atomic E-state index is -2.24. The average molecular weight is 886 g/mol. The van der Waals surface area contributed by atoms with Gasteiger partial charge in [-0.2, -0.15) is 0 Å². The first-order chi connectivity index (χ1) is 26.8. The molecule has 0 aromatic rings. The third-order valence-corrected chi connectivity index (χ3v) is 25.2. The third-order valence-electron chi connectivity index (χ3n) is 14.0. The van der Waals surface area contributed by atoms with E-state index in [0.717, 1.165) is 50.4 Å². The Hall–Kier alpha value is -0.132. The fourth-order valence-electron chi connectivity index (χ4n) is 10.9. The highest BCUT2D eigenvalue weighted by Gasteiger charge is 2.75. The van der Waals surface area contributed by atoms with Crippen LogP contribution in [0.2, 0.25) is 93.7 Å². The molecule has 0 amide bonds. The summed E-state index contributed by atoms with van der Waals surface area (Å²) in [5.74, 6) is 0.289. The first-order valence-electron chi connectivity index (χ1n) is 23.0. The zero-order valence-corrected chi connectivity index (χ0v) is 44.8. The maximum absolute atomic E-state index is 7.64. The second-order valence-corrected chi connectivity index (χ2v) is 45.5. The van der Waals surface area contributed by atoms with Crippen molar-refractivity contribution >= 4 is 32.5 Å². The van der Waals surface area contributed by atoms with Gasteiger partial charge in [-0.05, 0) is 85.8 Å². The molecule has 3 rings (SSSR count). The largest absolute Gasteiger partial charge is 0.497 e. The van der Waals surface area contributed by atoms with Gasteiger partial charge in [0.25, 0.3) is 0 Å². The van der Waals surface area contributed by atoms with Crippen LogP contribution in [0, 0.1) is 22.7 Å². The van der Waals surface area contributed by atoms with Crippen molar-refractivity contribution in [1.82, 2.24) is 0 Å². The lowest BCUT2D eigenvalue weighted by Gasteiger charge is -2.51. The normalized spacial score (nSPS) is 27.7. The van der Waals surface area contributed by atoms with Gasteiger partial charge < -0.3 is 37.6 Å².